The van der Waals surface area contributed by atoms with Crippen LogP contribution < -0.4 is 5.32 Å². The third-order valence-corrected chi connectivity index (χ3v) is 2.44. The molecule has 1 heterocycles. The second kappa shape index (κ2) is 4.77. The van der Waals surface area contributed by atoms with Crippen molar-refractivity contribution >= 4 is 0 Å². The van der Waals surface area contributed by atoms with Crippen molar-refractivity contribution < 1.29 is 5.11 Å². The van der Waals surface area contributed by atoms with Gasteiger partial charge in [-0.2, -0.15) is 5.10 Å². The molecule has 1 aromatic rings. The third kappa shape index (κ3) is 3.64. The highest BCUT2D eigenvalue weighted by Crippen LogP contribution is 2.11. The van der Waals surface area contributed by atoms with Gasteiger partial charge in [0.1, 0.15) is 0 Å². The maximum Gasteiger partial charge on any atom is 0.0597 e. The molecule has 0 aromatic carbocycles. The first-order valence-electron chi connectivity index (χ1n) is 5.26. The van der Waals surface area contributed by atoms with Crippen LogP contribution in [-0.2, 0) is 13.6 Å². The number of aryl methyl sites for hydroxylation is 2. The summed E-state index contributed by atoms with van der Waals surface area (Å²) in [6, 6.07) is 2.07. The number of aliphatic hydroxyl groups excluding tert-OH is 1. The monoisotopic (exact) mass is 211 g/mol. The van der Waals surface area contributed by atoms with Gasteiger partial charge < -0.3 is 10.4 Å². The van der Waals surface area contributed by atoms with E-state index in [1.165, 1.54) is 5.69 Å². The Morgan fingerprint density at radius 1 is 1.53 bits per heavy atom. The topological polar surface area (TPSA) is 50.1 Å². The van der Waals surface area contributed by atoms with Gasteiger partial charge in [-0.3, -0.25) is 4.68 Å². The number of nitrogens with one attached hydrogen (secondary N) is 1. The molecular formula is C11H21N3O. The van der Waals surface area contributed by atoms with Gasteiger partial charge in [-0.05, 0) is 13.0 Å². The van der Waals surface area contributed by atoms with E-state index in [1.807, 2.05) is 32.5 Å². The Labute approximate surface area is 91.3 Å². The fourth-order valence-corrected chi connectivity index (χ4v) is 1.41. The zero-order chi connectivity index (χ0) is 11.5. The summed E-state index contributed by atoms with van der Waals surface area (Å²) in [6.45, 7) is 7.85. The van der Waals surface area contributed by atoms with Gasteiger partial charge in [0.05, 0.1) is 11.4 Å². The van der Waals surface area contributed by atoms with E-state index in [4.69, 9.17) is 5.11 Å². The minimum atomic E-state index is -0.0619. The van der Waals surface area contributed by atoms with E-state index in [0.29, 0.717) is 0 Å². The Balaban J connectivity index is 2.41. The molecule has 0 aliphatic heterocycles. The van der Waals surface area contributed by atoms with Gasteiger partial charge in [0.2, 0.25) is 0 Å². The van der Waals surface area contributed by atoms with Crippen LogP contribution in [-0.4, -0.2) is 28.0 Å². The molecule has 15 heavy (non-hydrogen) atoms. The first-order valence-corrected chi connectivity index (χ1v) is 5.26. The van der Waals surface area contributed by atoms with Gasteiger partial charge in [-0.1, -0.05) is 13.8 Å². The van der Waals surface area contributed by atoms with Crippen molar-refractivity contribution in [1.82, 2.24) is 15.1 Å². The molecule has 2 N–H and O–H groups in total. The summed E-state index contributed by atoms with van der Waals surface area (Å²) in [7, 11) is 1.95. The fraction of sp³-hybridized carbons (Fsp3) is 0.727. The molecule has 0 aliphatic rings. The molecule has 0 unspecified atom stereocenters. The molecule has 1 rings (SSSR count). The molecule has 86 valence electrons. The summed E-state index contributed by atoms with van der Waals surface area (Å²) in [5.41, 5.74) is 2.14. The SMILES string of the molecule is Cc1cc(CNCC(C)(C)CO)n(C)n1. The van der Waals surface area contributed by atoms with Gasteiger partial charge in [-0.15, -0.1) is 0 Å². The molecule has 0 fully saturated rings. The maximum absolute atomic E-state index is 9.09. The van der Waals surface area contributed by atoms with E-state index >= 15 is 0 Å². The first-order chi connectivity index (χ1) is 6.94. The minimum absolute atomic E-state index is 0.0619. The summed E-state index contributed by atoms with van der Waals surface area (Å²) in [4.78, 5) is 0. The molecule has 1 aromatic heterocycles. The molecule has 0 aliphatic carbocycles. The second-order valence-corrected chi connectivity index (χ2v) is 4.83. The predicted molar refractivity (Wildman–Crippen MR) is 60.5 cm³/mol. The third-order valence-electron chi connectivity index (χ3n) is 2.44. The molecule has 0 amide bonds. The largest absolute Gasteiger partial charge is 0.396 e. The van der Waals surface area contributed by atoms with Crippen LogP contribution in [0.4, 0.5) is 0 Å². The van der Waals surface area contributed by atoms with E-state index in [-0.39, 0.29) is 12.0 Å². The lowest BCUT2D eigenvalue weighted by Gasteiger charge is -2.21. The van der Waals surface area contributed by atoms with Crippen LogP contribution >= 0.6 is 0 Å². The van der Waals surface area contributed by atoms with Crippen molar-refractivity contribution in [1.29, 1.82) is 0 Å². The molecular weight excluding hydrogens is 190 g/mol. The minimum Gasteiger partial charge on any atom is -0.396 e. The number of aliphatic hydroxyl groups is 1. The van der Waals surface area contributed by atoms with E-state index < -0.39 is 0 Å². The van der Waals surface area contributed by atoms with Crippen molar-refractivity contribution in [2.45, 2.75) is 27.3 Å². The summed E-state index contributed by atoms with van der Waals surface area (Å²) >= 11 is 0. The smallest absolute Gasteiger partial charge is 0.0597 e. The Hall–Kier alpha value is -0.870. The Morgan fingerprint density at radius 3 is 2.67 bits per heavy atom. The van der Waals surface area contributed by atoms with Crippen molar-refractivity contribution in [2.24, 2.45) is 12.5 Å². The average molecular weight is 211 g/mol. The highest BCUT2D eigenvalue weighted by atomic mass is 16.3. The fourth-order valence-electron chi connectivity index (χ4n) is 1.41. The number of rotatable bonds is 5. The molecule has 0 saturated heterocycles. The number of aromatic nitrogens is 2. The van der Waals surface area contributed by atoms with Crippen molar-refractivity contribution in [3.8, 4) is 0 Å². The quantitative estimate of drug-likeness (QED) is 0.758. The zero-order valence-corrected chi connectivity index (χ0v) is 10.0. The predicted octanol–water partition coefficient (Wildman–Crippen LogP) is 0.837. The molecule has 4 nitrogen and oxygen atoms in total. The summed E-state index contributed by atoms with van der Waals surface area (Å²) in [5.74, 6) is 0. The maximum atomic E-state index is 9.09. The van der Waals surface area contributed by atoms with Crippen molar-refractivity contribution in [2.75, 3.05) is 13.2 Å². The molecule has 0 radical (unpaired) electrons. The highest BCUT2D eigenvalue weighted by molar-refractivity contribution is 5.08. The molecule has 0 spiro atoms. The van der Waals surface area contributed by atoms with Crippen molar-refractivity contribution in [3.05, 3.63) is 17.5 Å². The van der Waals surface area contributed by atoms with Crippen LogP contribution in [0, 0.1) is 12.3 Å². The van der Waals surface area contributed by atoms with Crippen LogP contribution in [0.2, 0.25) is 0 Å². The van der Waals surface area contributed by atoms with Crippen LogP contribution in [0.25, 0.3) is 0 Å². The zero-order valence-electron chi connectivity index (χ0n) is 10.0. The van der Waals surface area contributed by atoms with Gasteiger partial charge in [0.15, 0.2) is 0 Å². The standard InChI is InChI=1S/C11H21N3O/c1-9-5-10(14(4)13-9)6-12-7-11(2,3)8-15/h5,12,15H,6-8H2,1-4H3. The Kier molecular flexibility index (Phi) is 3.88. The Morgan fingerprint density at radius 2 is 2.20 bits per heavy atom. The highest BCUT2D eigenvalue weighted by Gasteiger charge is 2.15. The van der Waals surface area contributed by atoms with E-state index in [0.717, 1.165) is 18.8 Å². The van der Waals surface area contributed by atoms with Crippen LogP contribution in [0.15, 0.2) is 6.07 Å². The van der Waals surface area contributed by atoms with Gasteiger partial charge in [-0.25, -0.2) is 0 Å². The summed E-state index contributed by atoms with van der Waals surface area (Å²) in [6.07, 6.45) is 0. The number of hydrogen-bond acceptors (Lipinski definition) is 3. The lowest BCUT2D eigenvalue weighted by atomic mass is 9.95. The van der Waals surface area contributed by atoms with Crippen LogP contribution in [0.1, 0.15) is 25.2 Å². The number of nitrogens with zero attached hydrogens (tertiary/aromatic N) is 2. The van der Waals surface area contributed by atoms with Gasteiger partial charge in [0.25, 0.3) is 0 Å². The van der Waals surface area contributed by atoms with Gasteiger partial charge in [0, 0.05) is 32.2 Å². The van der Waals surface area contributed by atoms with E-state index in [2.05, 4.69) is 16.5 Å². The molecule has 4 heteroatoms. The second-order valence-electron chi connectivity index (χ2n) is 4.83. The molecule has 0 saturated carbocycles. The Bertz CT molecular complexity index is 318. The van der Waals surface area contributed by atoms with E-state index in [9.17, 15) is 0 Å². The summed E-state index contributed by atoms with van der Waals surface area (Å²) < 4.78 is 1.88. The first kappa shape index (κ1) is 12.2. The average Bonchev–Trinajstić information content (AvgIpc) is 2.45. The van der Waals surface area contributed by atoms with Crippen molar-refractivity contribution in [3.63, 3.8) is 0 Å². The number of hydrogen-bond donors (Lipinski definition) is 2. The van der Waals surface area contributed by atoms with Gasteiger partial charge >= 0.3 is 0 Å². The normalized spacial score (nSPS) is 12.1. The molecule has 0 atom stereocenters. The lowest BCUT2D eigenvalue weighted by molar-refractivity contribution is 0.156. The van der Waals surface area contributed by atoms with Crippen LogP contribution in [0.3, 0.4) is 0 Å². The summed E-state index contributed by atoms with van der Waals surface area (Å²) in [5, 5.41) is 16.7. The van der Waals surface area contributed by atoms with Crippen LogP contribution in [0.5, 0.6) is 0 Å². The van der Waals surface area contributed by atoms with E-state index in [1.54, 1.807) is 0 Å². The molecule has 0 bridgehead atoms. The lowest BCUT2D eigenvalue weighted by Crippen LogP contribution is -2.32.